The molecular formula is C20H22N2O3. The molecule has 5 heteroatoms. The van der Waals surface area contributed by atoms with Gasteiger partial charge in [-0.3, -0.25) is 9.36 Å². The van der Waals surface area contributed by atoms with Crippen LogP contribution in [-0.4, -0.2) is 28.5 Å². The van der Waals surface area contributed by atoms with Crippen molar-refractivity contribution in [2.75, 3.05) is 13.1 Å². The molecule has 25 heavy (non-hydrogen) atoms. The van der Waals surface area contributed by atoms with E-state index in [1.165, 1.54) is 23.5 Å². The van der Waals surface area contributed by atoms with E-state index in [-0.39, 0.29) is 5.56 Å². The van der Waals surface area contributed by atoms with Crippen molar-refractivity contribution in [3.8, 4) is 0 Å². The molecule has 1 fully saturated rings. The Morgan fingerprint density at radius 3 is 2.28 bits per heavy atom. The molecule has 0 saturated carbocycles. The molecule has 0 amide bonds. The second-order valence-electron chi connectivity index (χ2n) is 6.07. The highest BCUT2D eigenvalue weighted by atomic mass is 16.6. The largest absolute Gasteiger partial charge is 0.404 e. The molecule has 3 rings (SSSR count). The number of carbonyl (C=O) groups excluding carboxylic acids is 1. The van der Waals surface area contributed by atoms with E-state index in [1.807, 2.05) is 11.0 Å². The molecule has 2 heterocycles. The van der Waals surface area contributed by atoms with Gasteiger partial charge in [0, 0.05) is 25.4 Å². The predicted molar refractivity (Wildman–Crippen MR) is 96.9 cm³/mol. The van der Waals surface area contributed by atoms with Crippen LogP contribution in [-0.2, 0) is 4.74 Å². The minimum Gasteiger partial charge on any atom is -0.404 e. The first-order valence-corrected chi connectivity index (χ1v) is 8.65. The number of hydrogen-bond acceptors (Lipinski definition) is 4. The third-order valence-corrected chi connectivity index (χ3v) is 4.23. The number of aromatic nitrogens is 1. The highest BCUT2D eigenvalue weighted by Crippen LogP contribution is 2.18. The average Bonchev–Trinajstić information content (AvgIpc) is 2.93. The summed E-state index contributed by atoms with van der Waals surface area (Å²) in [4.78, 5) is 26.6. The number of hydrogen-bond donors (Lipinski definition) is 0. The molecule has 0 unspecified atom stereocenters. The number of carbonyl (C=O) groups is 1. The minimum absolute atomic E-state index is 0.161. The van der Waals surface area contributed by atoms with Crippen LogP contribution in [0, 0.1) is 0 Å². The van der Waals surface area contributed by atoms with Crippen molar-refractivity contribution in [1.29, 1.82) is 0 Å². The summed E-state index contributed by atoms with van der Waals surface area (Å²) in [6, 6.07) is 13.8. The molecule has 1 aromatic heterocycles. The Bertz CT molecular complexity index is 788. The van der Waals surface area contributed by atoms with Gasteiger partial charge in [-0.05, 0) is 31.0 Å². The van der Waals surface area contributed by atoms with Gasteiger partial charge in [0.1, 0.15) is 0 Å². The highest BCUT2D eigenvalue weighted by Gasteiger charge is 2.18. The van der Waals surface area contributed by atoms with Crippen LogP contribution in [0.5, 0.6) is 0 Å². The van der Waals surface area contributed by atoms with E-state index >= 15 is 0 Å². The minimum atomic E-state index is -0.417. The van der Waals surface area contributed by atoms with Crippen LogP contribution >= 0.6 is 0 Å². The highest BCUT2D eigenvalue weighted by molar-refractivity contribution is 5.90. The van der Waals surface area contributed by atoms with Crippen molar-refractivity contribution in [1.82, 2.24) is 9.47 Å². The van der Waals surface area contributed by atoms with Gasteiger partial charge in [0.2, 0.25) is 5.88 Å². The van der Waals surface area contributed by atoms with E-state index in [0.29, 0.717) is 11.4 Å². The second-order valence-corrected chi connectivity index (χ2v) is 6.07. The van der Waals surface area contributed by atoms with Crippen LogP contribution in [0.2, 0.25) is 0 Å². The second kappa shape index (κ2) is 8.33. The Hall–Kier alpha value is -2.82. The number of esters is 1. The van der Waals surface area contributed by atoms with Crippen LogP contribution in [0.1, 0.15) is 36.0 Å². The van der Waals surface area contributed by atoms with Crippen LogP contribution in [0.4, 0.5) is 0 Å². The van der Waals surface area contributed by atoms with E-state index in [4.69, 9.17) is 4.74 Å². The Balaban J connectivity index is 1.90. The Labute approximate surface area is 147 Å². The Morgan fingerprint density at radius 1 is 0.920 bits per heavy atom. The summed E-state index contributed by atoms with van der Waals surface area (Å²) in [5.74, 6) is 0.00382. The first-order valence-electron chi connectivity index (χ1n) is 8.65. The van der Waals surface area contributed by atoms with Crippen LogP contribution < -0.4 is 5.56 Å². The predicted octanol–water partition coefficient (Wildman–Crippen LogP) is 3.34. The van der Waals surface area contributed by atoms with Gasteiger partial charge in [-0.2, -0.15) is 0 Å². The van der Waals surface area contributed by atoms with Gasteiger partial charge in [-0.1, -0.05) is 37.1 Å². The van der Waals surface area contributed by atoms with Crippen molar-refractivity contribution in [2.45, 2.75) is 25.7 Å². The number of ether oxygens (including phenoxy) is 1. The molecule has 130 valence electrons. The van der Waals surface area contributed by atoms with Gasteiger partial charge in [-0.25, -0.2) is 4.79 Å². The lowest BCUT2D eigenvalue weighted by atomic mass is 10.2. The lowest BCUT2D eigenvalue weighted by Crippen LogP contribution is -2.28. The summed E-state index contributed by atoms with van der Waals surface area (Å²) >= 11 is 0. The van der Waals surface area contributed by atoms with Crippen LogP contribution in [0.3, 0.4) is 0 Å². The van der Waals surface area contributed by atoms with Gasteiger partial charge in [0.05, 0.1) is 11.8 Å². The molecule has 1 aliphatic rings. The monoisotopic (exact) mass is 338 g/mol. The first kappa shape index (κ1) is 17.0. The lowest BCUT2D eigenvalue weighted by Gasteiger charge is -2.24. The smallest absolute Gasteiger partial charge is 0.344 e. The molecule has 0 spiro atoms. The lowest BCUT2D eigenvalue weighted by molar-refractivity contribution is 0.0505. The summed E-state index contributed by atoms with van der Waals surface area (Å²) in [6.45, 7) is 1.63. The van der Waals surface area contributed by atoms with Crippen LogP contribution in [0.15, 0.2) is 65.4 Å². The number of rotatable bonds is 4. The number of nitrogens with zero attached hydrogens (tertiary/aromatic N) is 2. The third-order valence-electron chi connectivity index (χ3n) is 4.23. The zero-order chi connectivity index (χ0) is 17.5. The van der Waals surface area contributed by atoms with E-state index in [0.717, 1.165) is 25.9 Å². The quantitative estimate of drug-likeness (QED) is 0.634. The van der Waals surface area contributed by atoms with E-state index in [2.05, 4.69) is 0 Å². The zero-order valence-electron chi connectivity index (χ0n) is 14.1. The maximum atomic E-state index is 12.5. The van der Waals surface area contributed by atoms with Gasteiger partial charge in [0.25, 0.3) is 5.56 Å². The summed E-state index contributed by atoms with van der Waals surface area (Å²) in [7, 11) is 0. The standard InChI is InChI=1S/C20H22N2O3/c23-18-12-6-9-15-22(18)16-19(21-13-7-1-2-8-14-21)25-20(24)17-10-4-3-5-11-17/h3-6,9-12,15-16H,1-2,7-8,13-14H2/b19-16-. The van der Waals surface area contributed by atoms with E-state index in [1.54, 1.807) is 48.8 Å². The van der Waals surface area contributed by atoms with Crippen molar-refractivity contribution >= 4 is 12.2 Å². The molecule has 1 aromatic carbocycles. The van der Waals surface area contributed by atoms with Crippen molar-refractivity contribution in [2.24, 2.45) is 0 Å². The first-order chi connectivity index (χ1) is 12.2. The normalized spacial score (nSPS) is 15.5. The van der Waals surface area contributed by atoms with Gasteiger partial charge in [0.15, 0.2) is 0 Å². The third kappa shape index (κ3) is 4.59. The summed E-state index contributed by atoms with van der Waals surface area (Å²) < 4.78 is 7.12. The summed E-state index contributed by atoms with van der Waals surface area (Å²) in [6.07, 6.45) is 7.70. The fourth-order valence-electron chi connectivity index (χ4n) is 2.86. The van der Waals surface area contributed by atoms with Crippen molar-refractivity contribution in [3.63, 3.8) is 0 Å². The van der Waals surface area contributed by atoms with Gasteiger partial charge >= 0.3 is 5.97 Å². The molecule has 0 N–H and O–H groups in total. The van der Waals surface area contributed by atoms with Crippen molar-refractivity contribution < 1.29 is 9.53 Å². The topological polar surface area (TPSA) is 51.5 Å². The average molecular weight is 338 g/mol. The summed E-state index contributed by atoms with van der Waals surface area (Å²) in [5, 5.41) is 0. The maximum Gasteiger partial charge on any atom is 0.344 e. The molecule has 2 aromatic rings. The number of likely N-dealkylation sites (tertiary alicyclic amines) is 1. The van der Waals surface area contributed by atoms with Crippen molar-refractivity contribution in [3.05, 3.63) is 76.5 Å². The number of benzene rings is 1. The van der Waals surface area contributed by atoms with E-state index in [9.17, 15) is 9.59 Å². The Kier molecular flexibility index (Phi) is 5.67. The summed E-state index contributed by atoms with van der Waals surface area (Å²) in [5.41, 5.74) is 0.328. The molecule has 5 nitrogen and oxygen atoms in total. The molecular weight excluding hydrogens is 316 g/mol. The van der Waals surface area contributed by atoms with Gasteiger partial charge < -0.3 is 9.64 Å². The fourth-order valence-corrected chi connectivity index (χ4v) is 2.86. The SMILES string of the molecule is O=C(O/C(=C\n1ccccc1=O)N1CCCCCC1)c1ccccc1. The molecule has 1 aliphatic heterocycles. The molecule has 0 radical (unpaired) electrons. The maximum absolute atomic E-state index is 12.5. The molecule has 1 saturated heterocycles. The molecule has 0 aliphatic carbocycles. The van der Waals surface area contributed by atoms with Gasteiger partial charge in [-0.15, -0.1) is 0 Å². The molecule has 0 bridgehead atoms. The van der Waals surface area contributed by atoms with E-state index < -0.39 is 5.97 Å². The Morgan fingerprint density at radius 2 is 1.60 bits per heavy atom. The molecule has 0 atom stereocenters. The fraction of sp³-hybridized carbons (Fsp3) is 0.300. The van der Waals surface area contributed by atoms with Crippen LogP contribution in [0.25, 0.3) is 6.20 Å². The zero-order valence-corrected chi connectivity index (χ0v) is 14.1. The number of pyridine rings is 1.